The molecule has 1 N–H and O–H groups in total. The molecule has 0 saturated carbocycles. The first-order chi connectivity index (χ1) is 27.8. The van der Waals surface area contributed by atoms with E-state index in [1.54, 1.807) is 6.07 Å². The molecule has 10 rings (SSSR count). The molecule has 284 valence electrons. The molecule has 3 atom stereocenters. The zero-order chi connectivity index (χ0) is 39.1. The summed E-state index contributed by atoms with van der Waals surface area (Å²) in [6, 6.07) is 46.4. The number of halogens is 1. The fourth-order valence-electron chi connectivity index (χ4n) is 9.32. The monoisotopic (exact) mass is 774 g/mol. The number of benzene rings is 6. The highest BCUT2D eigenvalue weighted by Gasteiger charge is 2.56. The van der Waals surface area contributed by atoms with Gasteiger partial charge in [0.05, 0.1) is 11.3 Å². The Morgan fingerprint density at radius 3 is 1.77 bits per heavy atom. The molecule has 2 bridgehead atoms. The summed E-state index contributed by atoms with van der Waals surface area (Å²) in [5, 5.41) is 12.9. The molecular formula is C49H39ClO7. The standard InChI is InChI=1S/C49H39ClO7/c1-2-46(51)56-27-25-54-34-20-15-31(16-21-34)48(41-12-6-3-9-36(41)37-10-4-7-13-42(37)48)32-17-22-35(23-18-32)55-26-28-57-47(52)45-30-39-38-11-5-8-14-43(38)49(45,53)44-24-19-33(50)29-40(39)44/h2-24,29,39,45,53H,1,25-28,30H2. The van der Waals surface area contributed by atoms with Crippen LogP contribution in [0.25, 0.3) is 11.1 Å². The third kappa shape index (κ3) is 6.01. The van der Waals surface area contributed by atoms with Crippen LogP contribution in [-0.2, 0) is 30.1 Å². The van der Waals surface area contributed by atoms with Gasteiger partial charge in [-0.2, -0.15) is 0 Å². The number of rotatable bonds is 12. The van der Waals surface area contributed by atoms with E-state index >= 15 is 0 Å². The highest BCUT2D eigenvalue weighted by Crippen LogP contribution is 2.59. The quantitative estimate of drug-likeness (QED) is 0.0753. The van der Waals surface area contributed by atoms with Gasteiger partial charge in [0, 0.05) is 17.0 Å². The van der Waals surface area contributed by atoms with Crippen molar-refractivity contribution in [2.45, 2.75) is 23.4 Å². The molecule has 7 nitrogen and oxygen atoms in total. The van der Waals surface area contributed by atoms with E-state index < -0.39 is 28.9 Å². The van der Waals surface area contributed by atoms with Gasteiger partial charge in [-0.15, -0.1) is 0 Å². The molecule has 6 aromatic rings. The Labute approximate surface area is 336 Å². The lowest BCUT2D eigenvalue weighted by Gasteiger charge is -2.50. The van der Waals surface area contributed by atoms with E-state index in [9.17, 15) is 14.7 Å². The molecule has 0 aliphatic heterocycles. The largest absolute Gasteiger partial charge is 0.490 e. The van der Waals surface area contributed by atoms with Crippen molar-refractivity contribution >= 4 is 23.5 Å². The van der Waals surface area contributed by atoms with Gasteiger partial charge in [0.25, 0.3) is 0 Å². The number of carbonyl (C=O) groups is 2. The third-order valence-electron chi connectivity index (χ3n) is 11.7. The molecular weight excluding hydrogens is 736 g/mol. The summed E-state index contributed by atoms with van der Waals surface area (Å²) in [5.74, 6) is -0.463. The molecule has 0 radical (unpaired) electrons. The van der Waals surface area contributed by atoms with Crippen LogP contribution in [-0.4, -0.2) is 43.5 Å². The fourth-order valence-corrected chi connectivity index (χ4v) is 9.50. The third-order valence-corrected chi connectivity index (χ3v) is 11.9. The predicted octanol–water partition coefficient (Wildman–Crippen LogP) is 9.13. The molecule has 0 aromatic heterocycles. The molecule has 0 heterocycles. The maximum absolute atomic E-state index is 13.7. The lowest BCUT2D eigenvalue weighted by molar-refractivity contribution is -0.160. The second kappa shape index (κ2) is 14.7. The minimum Gasteiger partial charge on any atom is -0.490 e. The fraction of sp³-hybridized carbons (Fsp3) is 0.184. The van der Waals surface area contributed by atoms with Crippen molar-refractivity contribution in [1.82, 2.24) is 0 Å². The van der Waals surface area contributed by atoms with Crippen molar-refractivity contribution in [3.8, 4) is 22.6 Å². The van der Waals surface area contributed by atoms with Gasteiger partial charge in [-0.3, -0.25) is 4.79 Å². The smallest absolute Gasteiger partial charge is 0.330 e. The number of hydrogen-bond donors (Lipinski definition) is 1. The molecule has 0 fully saturated rings. The summed E-state index contributed by atoms with van der Waals surface area (Å²) in [6.07, 6.45) is 1.56. The van der Waals surface area contributed by atoms with Gasteiger partial charge in [-0.05, 0) is 98.5 Å². The van der Waals surface area contributed by atoms with E-state index in [4.69, 9.17) is 30.5 Å². The number of hydrogen-bond acceptors (Lipinski definition) is 7. The Balaban J connectivity index is 0.927. The van der Waals surface area contributed by atoms with Crippen LogP contribution in [0.15, 0.2) is 152 Å². The van der Waals surface area contributed by atoms with Crippen molar-refractivity contribution in [3.05, 3.63) is 202 Å². The lowest BCUT2D eigenvalue weighted by Crippen LogP contribution is -2.50. The Kier molecular flexibility index (Phi) is 9.43. The minimum atomic E-state index is -1.51. The summed E-state index contributed by atoms with van der Waals surface area (Å²) in [7, 11) is 0. The van der Waals surface area contributed by atoms with Crippen molar-refractivity contribution in [2.24, 2.45) is 5.92 Å². The average molecular weight is 775 g/mol. The Hall–Kier alpha value is -6.15. The molecule has 6 aromatic carbocycles. The topological polar surface area (TPSA) is 91.3 Å². The number of aliphatic hydroxyl groups is 1. The highest BCUT2D eigenvalue weighted by atomic mass is 35.5. The van der Waals surface area contributed by atoms with Crippen LogP contribution in [0.5, 0.6) is 11.5 Å². The molecule has 0 amide bonds. The second-order valence-electron chi connectivity index (χ2n) is 14.6. The summed E-state index contributed by atoms with van der Waals surface area (Å²) in [6.45, 7) is 3.94. The van der Waals surface area contributed by atoms with Crippen molar-refractivity contribution in [3.63, 3.8) is 0 Å². The summed E-state index contributed by atoms with van der Waals surface area (Å²) >= 11 is 6.37. The molecule has 0 spiro atoms. The minimum absolute atomic E-state index is 0.0305. The van der Waals surface area contributed by atoms with E-state index in [1.807, 2.05) is 60.7 Å². The van der Waals surface area contributed by atoms with Crippen LogP contribution in [0.1, 0.15) is 56.8 Å². The van der Waals surface area contributed by atoms with Gasteiger partial charge in [0.2, 0.25) is 0 Å². The Morgan fingerprint density at radius 1 is 0.649 bits per heavy atom. The van der Waals surface area contributed by atoms with Gasteiger partial charge in [-0.1, -0.05) is 121 Å². The van der Waals surface area contributed by atoms with Crippen LogP contribution < -0.4 is 9.47 Å². The average Bonchev–Trinajstić information content (AvgIpc) is 3.55. The lowest BCUT2D eigenvalue weighted by atomic mass is 9.56. The maximum Gasteiger partial charge on any atom is 0.330 e. The van der Waals surface area contributed by atoms with Crippen LogP contribution >= 0.6 is 11.6 Å². The summed E-state index contributed by atoms with van der Waals surface area (Å²) < 4.78 is 22.9. The molecule has 0 saturated heterocycles. The predicted molar refractivity (Wildman–Crippen MR) is 218 cm³/mol. The zero-order valence-electron chi connectivity index (χ0n) is 31.0. The molecule has 4 aliphatic rings. The maximum atomic E-state index is 13.7. The Bertz CT molecular complexity index is 2460. The van der Waals surface area contributed by atoms with Gasteiger partial charge in [0.1, 0.15) is 43.5 Å². The molecule has 4 aliphatic carbocycles. The van der Waals surface area contributed by atoms with Gasteiger partial charge >= 0.3 is 11.9 Å². The van der Waals surface area contributed by atoms with Crippen LogP contribution in [0.4, 0.5) is 0 Å². The summed E-state index contributed by atoms with van der Waals surface area (Å²) in [5.41, 5.74) is 8.10. The molecule has 57 heavy (non-hydrogen) atoms. The van der Waals surface area contributed by atoms with Crippen molar-refractivity contribution in [1.29, 1.82) is 0 Å². The van der Waals surface area contributed by atoms with Gasteiger partial charge in [-0.25, -0.2) is 4.79 Å². The number of ether oxygens (including phenoxy) is 4. The van der Waals surface area contributed by atoms with Crippen molar-refractivity contribution in [2.75, 3.05) is 26.4 Å². The highest BCUT2D eigenvalue weighted by molar-refractivity contribution is 6.30. The van der Waals surface area contributed by atoms with Crippen LogP contribution in [0.2, 0.25) is 5.02 Å². The van der Waals surface area contributed by atoms with E-state index in [0.29, 0.717) is 28.5 Å². The van der Waals surface area contributed by atoms with E-state index in [-0.39, 0.29) is 32.3 Å². The second-order valence-corrected chi connectivity index (χ2v) is 15.0. The normalized spacial score (nSPS) is 19.0. The van der Waals surface area contributed by atoms with Crippen molar-refractivity contribution < 1.29 is 33.6 Å². The number of carbonyl (C=O) groups excluding carboxylic acids is 2. The Morgan fingerprint density at radius 2 is 1.18 bits per heavy atom. The van der Waals surface area contributed by atoms with E-state index in [0.717, 1.165) is 33.9 Å². The summed E-state index contributed by atoms with van der Waals surface area (Å²) in [4.78, 5) is 25.1. The van der Waals surface area contributed by atoms with E-state index in [1.165, 1.54) is 22.3 Å². The molecule has 8 heteroatoms. The molecule has 3 unspecified atom stereocenters. The first-order valence-corrected chi connectivity index (χ1v) is 19.5. The van der Waals surface area contributed by atoms with Crippen LogP contribution in [0, 0.1) is 5.92 Å². The van der Waals surface area contributed by atoms with Gasteiger partial charge < -0.3 is 24.1 Å². The van der Waals surface area contributed by atoms with Gasteiger partial charge in [0.15, 0.2) is 0 Å². The van der Waals surface area contributed by atoms with Crippen LogP contribution in [0.3, 0.4) is 0 Å². The first kappa shape index (κ1) is 36.5. The number of esters is 2. The SMILES string of the molecule is C=CC(=O)OCCOc1ccc(C2(c3ccc(OCCOC(=O)C4CC5c6ccccc6C4(O)c4ccc(Cl)cc45)cc3)c3ccccc3-c3ccccc32)cc1. The zero-order valence-corrected chi connectivity index (χ0v) is 31.8. The van der Waals surface area contributed by atoms with E-state index in [2.05, 4.69) is 79.4 Å². The number of fused-ring (bicyclic) bond motifs is 4. The first-order valence-electron chi connectivity index (χ1n) is 19.1.